The van der Waals surface area contributed by atoms with E-state index in [4.69, 9.17) is 0 Å². The number of benzene rings is 2. The maximum absolute atomic E-state index is 13.1. The number of nitro benzene ring substituents is 1. The lowest BCUT2D eigenvalue weighted by Gasteiger charge is -2.16. The van der Waals surface area contributed by atoms with Crippen LogP contribution in [0.3, 0.4) is 0 Å². The molecule has 2 rings (SSSR count). The summed E-state index contributed by atoms with van der Waals surface area (Å²) in [5, 5.41) is 14.0. The molecule has 1 N–H and O–H groups in total. The molecule has 0 aliphatic rings. The van der Waals surface area contributed by atoms with Crippen LogP contribution in [0.15, 0.2) is 54.6 Å². The lowest BCUT2D eigenvalue weighted by molar-refractivity contribution is -0.384. The largest absolute Gasteiger partial charge is 0.350 e. The number of carbonyl (C=O) groups excluding carboxylic acids is 1. The Labute approximate surface area is 185 Å². The number of carbonyl (C=O) groups is 1. The van der Waals surface area contributed by atoms with Gasteiger partial charge in [0.25, 0.3) is 11.6 Å². The van der Waals surface area contributed by atoms with Gasteiger partial charge in [0.1, 0.15) is 0 Å². The number of nitro groups is 1. The fraction of sp³-hybridized carbons (Fsp3) is 0.423. The molecule has 0 aliphatic carbocycles. The minimum Gasteiger partial charge on any atom is -0.350 e. The van der Waals surface area contributed by atoms with E-state index in [0.29, 0.717) is 5.57 Å². The standard InChI is InChI=1S/C26H34N2O3/c1-3-4-5-6-7-8-10-13-21(2)27-26(29)25(23-14-11-9-12-15-23)20-22-16-18-24(19-17-22)28(30)31/h9,11-12,14-21H,3-8,10,13H2,1-2H3,(H,27,29). The van der Waals surface area contributed by atoms with Crippen LogP contribution < -0.4 is 5.32 Å². The number of unbranched alkanes of at least 4 members (excludes halogenated alkanes) is 6. The Kier molecular flexibility index (Phi) is 10.5. The highest BCUT2D eigenvalue weighted by molar-refractivity contribution is 6.24. The van der Waals surface area contributed by atoms with Gasteiger partial charge in [-0.3, -0.25) is 14.9 Å². The summed E-state index contributed by atoms with van der Waals surface area (Å²) in [5.74, 6) is -0.125. The summed E-state index contributed by atoms with van der Waals surface area (Å²) < 4.78 is 0. The van der Waals surface area contributed by atoms with Crippen LogP contribution in [0.2, 0.25) is 0 Å². The summed E-state index contributed by atoms with van der Waals surface area (Å²) in [6, 6.07) is 15.8. The molecule has 0 fully saturated rings. The Morgan fingerprint density at radius 1 is 0.968 bits per heavy atom. The number of amides is 1. The van der Waals surface area contributed by atoms with Crippen LogP contribution >= 0.6 is 0 Å². The van der Waals surface area contributed by atoms with Crippen molar-refractivity contribution < 1.29 is 9.72 Å². The Bertz CT molecular complexity index is 845. The van der Waals surface area contributed by atoms with E-state index in [2.05, 4.69) is 12.2 Å². The van der Waals surface area contributed by atoms with Gasteiger partial charge in [-0.2, -0.15) is 0 Å². The van der Waals surface area contributed by atoms with Crippen LogP contribution in [0.5, 0.6) is 0 Å². The third-order valence-corrected chi connectivity index (χ3v) is 5.36. The minimum atomic E-state index is -0.427. The van der Waals surface area contributed by atoms with E-state index >= 15 is 0 Å². The Morgan fingerprint density at radius 3 is 2.19 bits per heavy atom. The molecule has 0 bridgehead atoms. The lowest BCUT2D eigenvalue weighted by atomic mass is 10.0. The number of hydrogen-bond acceptors (Lipinski definition) is 3. The third-order valence-electron chi connectivity index (χ3n) is 5.36. The van der Waals surface area contributed by atoms with Crippen molar-refractivity contribution in [1.29, 1.82) is 0 Å². The molecular formula is C26H34N2O3. The first-order valence-corrected chi connectivity index (χ1v) is 11.3. The van der Waals surface area contributed by atoms with Gasteiger partial charge in [-0.15, -0.1) is 0 Å². The highest BCUT2D eigenvalue weighted by Crippen LogP contribution is 2.21. The van der Waals surface area contributed by atoms with Crippen LogP contribution in [0.25, 0.3) is 11.6 Å². The molecule has 166 valence electrons. The zero-order valence-electron chi connectivity index (χ0n) is 18.7. The van der Waals surface area contributed by atoms with Gasteiger partial charge in [-0.25, -0.2) is 0 Å². The number of rotatable bonds is 13. The van der Waals surface area contributed by atoms with Crippen molar-refractivity contribution in [3.05, 3.63) is 75.8 Å². The van der Waals surface area contributed by atoms with Crippen molar-refractivity contribution >= 4 is 23.2 Å². The van der Waals surface area contributed by atoms with Crippen molar-refractivity contribution in [3.8, 4) is 0 Å². The van der Waals surface area contributed by atoms with Crippen LogP contribution in [-0.4, -0.2) is 16.9 Å². The highest BCUT2D eigenvalue weighted by atomic mass is 16.6. The van der Waals surface area contributed by atoms with E-state index in [-0.39, 0.29) is 17.6 Å². The number of hydrogen-bond donors (Lipinski definition) is 1. The molecule has 2 aromatic carbocycles. The molecule has 0 spiro atoms. The molecule has 0 saturated carbocycles. The van der Waals surface area contributed by atoms with E-state index in [1.165, 1.54) is 50.7 Å². The first-order valence-electron chi connectivity index (χ1n) is 11.3. The summed E-state index contributed by atoms with van der Waals surface area (Å²) in [4.78, 5) is 23.5. The Balaban J connectivity index is 2.00. The van der Waals surface area contributed by atoms with Crippen LogP contribution in [0.4, 0.5) is 5.69 Å². The smallest absolute Gasteiger partial charge is 0.269 e. The molecule has 31 heavy (non-hydrogen) atoms. The quantitative estimate of drug-likeness (QED) is 0.127. The van der Waals surface area contributed by atoms with Gasteiger partial charge in [-0.05, 0) is 42.7 Å². The van der Waals surface area contributed by atoms with E-state index in [1.54, 1.807) is 18.2 Å². The van der Waals surface area contributed by atoms with E-state index in [1.807, 2.05) is 37.3 Å². The topological polar surface area (TPSA) is 72.2 Å². The molecule has 5 nitrogen and oxygen atoms in total. The number of non-ortho nitro benzene ring substituents is 1. The first-order chi connectivity index (χ1) is 15.0. The average molecular weight is 423 g/mol. The normalized spacial score (nSPS) is 12.4. The molecule has 0 saturated heterocycles. The zero-order chi connectivity index (χ0) is 22.5. The summed E-state index contributed by atoms with van der Waals surface area (Å²) in [5.41, 5.74) is 2.16. The highest BCUT2D eigenvalue weighted by Gasteiger charge is 2.15. The zero-order valence-corrected chi connectivity index (χ0v) is 18.7. The average Bonchev–Trinajstić information content (AvgIpc) is 2.77. The van der Waals surface area contributed by atoms with Gasteiger partial charge in [0.2, 0.25) is 0 Å². The monoisotopic (exact) mass is 422 g/mol. The van der Waals surface area contributed by atoms with Crippen LogP contribution in [0, 0.1) is 10.1 Å². The summed E-state index contributed by atoms with van der Waals surface area (Å²) >= 11 is 0. The van der Waals surface area contributed by atoms with Crippen LogP contribution in [0.1, 0.15) is 76.3 Å². The van der Waals surface area contributed by atoms with Crippen molar-refractivity contribution in [3.63, 3.8) is 0 Å². The van der Waals surface area contributed by atoms with Gasteiger partial charge in [0, 0.05) is 23.7 Å². The van der Waals surface area contributed by atoms with Gasteiger partial charge < -0.3 is 5.32 Å². The molecule has 0 aliphatic heterocycles. The second kappa shape index (κ2) is 13.4. The van der Waals surface area contributed by atoms with Crippen molar-refractivity contribution in [2.75, 3.05) is 0 Å². The van der Waals surface area contributed by atoms with Gasteiger partial charge in [0.05, 0.1) is 4.92 Å². The lowest BCUT2D eigenvalue weighted by Crippen LogP contribution is -2.33. The second-order valence-corrected chi connectivity index (χ2v) is 8.06. The maximum atomic E-state index is 13.1. The second-order valence-electron chi connectivity index (χ2n) is 8.06. The molecule has 0 aromatic heterocycles. The van der Waals surface area contributed by atoms with Gasteiger partial charge >= 0.3 is 0 Å². The fourth-order valence-corrected chi connectivity index (χ4v) is 3.54. The molecule has 1 atom stereocenters. The van der Waals surface area contributed by atoms with E-state index in [9.17, 15) is 14.9 Å². The summed E-state index contributed by atoms with van der Waals surface area (Å²) in [6.07, 6.45) is 11.5. The molecular weight excluding hydrogens is 388 g/mol. The number of nitrogens with one attached hydrogen (secondary N) is 1. The van der Waals surface area contributed by atoms with Crippen molar-refractivity contribution in [2.45, 2.75) is 71.3 Å². The van der Waals surface area contributed by atoms with Crippen molar-refractivity contribution in [1.82, 2.24) is 5.32 Å². The van der Waals surface area contributed by atoms with E-state index < -0.39 is 4.92 Å². The molecule has 0 heterocycles. The number of nitrogens with zero attached hydrogens (tertiary/aromatic N) is 1. The maximum Gasteiger partial charge on any atom is 0.269 e. The summed E-state index contributed by atoms with van der Waals surface area (Å²) in [7, 11) is 0. The fourth-order valence-electron chi connectivity index (χ4n) is 3.54. The first kappa shape index (κ1) is 24.3. The molecule has 1 unspecified atom stereocenters. The molecule has 1 amide bonds. The van der Waals surface area contributed by atoms with Crippen LogP contribution in [-0.2, 0) is 4.79 Å². The summed E-state index contributed by atoms with van der Waals surface area (Å²) in [6.45, 7) is 4.27. The SMILES string of the molecule is CCCCCCCCCC(C)NC(=O)C(=Cc1ccc([N+](=O)[O-])cc1)c1ccccc1. The predicted octanol–water partition coefficient (Wildman–Crippen LogP) is 6.78. The van der Waals surface area contributed by atoms with Crippen molar-refractivity contribution in [2.24, 2.45) is 0 Å². The Morgan fingerprint density at radius 2 is 1.58 bits per heavy atom. The molecule has 5 heteroatoms. The predicted molar refractivity (Wildman–Crippen MR) is 128 cm³/mol. The van der Waals surface area contributed by atoms with Gasteiger partial charge in [0.15, 0.2) is 0 Å². The molecule has 2 aromatic rings. The van der Waals surface area contributed by atoms with E-state index in [0.717, 1.165) is 24.0 Å². The van der Waals surface area contributed by atoms with Gasteiger partial charge in [-0.1, -0.05) is 82.2 Å². The molecule has 0 radical (unpaired) electrons. The third kappa shape index (κ3) is 8.75. The minimum absolute atomic E-state index is 0.0335. The Hall–Kier alpha value is -2.95.